The van der Waals surface area contributed by atoms with E-state index in [-0.39, 0.29) is 17.9 Å². The number of likely N-dealkylation sites (tertiary alicyclic amines) is 1. The number of hydrogen-bond acceptors (Lipinski definition) is 4. The first kappa shape index (κ1) is 23.8. The van der Waals surface area contributed by atoms with Crippen LogP contribution in [0.25, 0.3) is 10.9 Å². The summed E-state index contributed by atoms with van der Waals surface area (Å²) in [6, 6.07) is 25.6. The number of piperidine rings is 1. The molecule has 1 saturated heterocycles. The van der Waals surface area contributed by atoms with E-state index in [0.29, 0.717) is 5.75 Å². The molecule has 2 heterocycles. The summed E-state index contributed by atoms with van der Waals surface area (Å²) in [5.74, 6) is 0.424. The van der Waals surface area contributed by atoms with Gasteiger partial charge in [0.25, 0.3) is 5.91 Å². The zero-order chi connectivity index (χ0) is 25.4. The van der Waals surface area contributed by atoms with E-state index >= 15 is 0 Å². The van der Waals surface area contributed by atoms with Crippen molar-refractivity contribution in [2.75, 3.05) is 19.7 Å². The molecule has 1 aliphatic carbocycles. The number of carbonyl (C=O) groups is 1. The first-order valence-electron chi connectivity index (χ1n) is 13.1. The molecule has 0 bridgehead atoms. The van der Waals surface area contributed by atoms with Gasteiger partial charge in [0.1, 0.15) is 5.75 Å². The minimum Gasteiger partial charge on any atom is -0.484 e. The quantitative estimate of drug-likeness (QED) is 0.418. The second kappa shape index (κ2) is 9.69. The number of para-hydroxylation sites is 2. The average Bonchev–Trinajstić information content (AvgIpc) is 3.37. The first-order valence-corrected chi connectivity index (χ1v) is 13.1. The number of rotatable bonds is 6. The SMILES string of the molecule is Cn1cc(CN2CCC3(CC2)c2ccccc2[C@@H](NC(=O)COc2ccccc2)[C@@H]3O)c2ccccc21. The standard InChI is InChI=1S/C31H33N3O3/c1-33-19-22(24-11-6-8-14-27(24)33)20-34-17-15-31(16-18-34)26-13-7-5-12-25(26)29(30(31)36)32-28(35)21-37-23-9-3-2-4-10-23/h2-14,19,29-30,36H,15-18,20-21H2,1H3,(H,32,35)/t29-,30+/m1/s1. The number of ether oxygens (including phenoxy) is 1. The van der Waals surface area contributed by atoms with E-state index < -0.39 is 12.1 Å². The molecule has 1 amide bonds. The fraction of sp³-hybridized carbons (Fsp3) is 0.323. The van der Waals surface area contributed by atoms with Crippen molar-refractivity contribution in [3.8, 4) is 5.75 Å². The van der Waals surface area contributed by atoms with Gasteiger partial charge in [0.2, 0.25) is 0 Å². The van der Waals surface area contributed by atoms with E-state index in [4.69, 9.17) is 4.74 Å². The van der Waals surface area contributed by atoms with E-state index in [0.717, 1.165) is 38.0 Å². The van der Waals surface area contributed by atoms with Crippen molar-refractivity contribution in [3.05, 3.63) is 102 Å². The van der Waals surface area contributed by atoms with Crippen molar-refractivity contribution in [1.82, 2.24) is 14.8 Å². The van der Waals surface area contributed by atoms with E-state index in [9.17, 15) is 9.90 Å². The van der Waals surface area contributed by atoms with Crippen LogP contribution in [-0.4, -0.2) is 46.3 Å². The zero-order valence-corrected chi connectivity index (χ0v) is 21.1. The molecule has 0 unspecified atom stereocenters. The van der Waals surface area contributed by atoms with Crippen molar-refractivity contribution in [1.29, 1.82) is 0 Å². The number of carbonyl (C=O) groups excluding carboxylic acids is 1. The maximum Gasteiger partial charge on any atom is 0.258 e. The summed E-state index contributed by atoms with van der Waals surface area (Å²) in [5.41, 5.74) is 4.42. The van der Waals surface area contributed by atoms with E-state index in [2.05, 4.69) is 58.4 Å². The Labute approximate surface area is 217 Å². The van der Waals surface area contributed by atoms with Gasteiger partial charge in [-0.05, 0) is 60.8 Å². The second-order valence-electron chi connectivity index (χ2n) is 10.4. The van der Waals surface area contributed by atoms with Crippen LogP contribution < -0.4 is 10.1 Å². The van der Waals surface area contributed by atoms with Gasteiger partial charge in [-0.3, -0.25) is 9.69 Å². The summed E-state index contributed by atoms with van der Waals surface area (Å²) < 4.78 is 7.84. The molecule has 4 aromatic rings. The lowest BCUT2D eigenvalue weighted by molar-refractivity contribution is -0.125. The Morgan fingerprint density at radius 3 is 2.51 bits per heavy atom. The lowest BCUT2D eigenvalue weighted by Crippen LogP contribution is -2.49. The molecule has 37 heavy (non-hydrogen) atoms. The Kier molecular flexibility index (Phi) is 6.22. The summed E-state index contributed by atoms with van der Waals surface area (Å²) in [4.78, 5) is 15.3. The molecule has 3 aromatic carbocycles. The summed E-state index contributed by atoms with van der Waals surface area (Å²) in [6.07, 6.45) is 3.26. The lowest BCUT2D eigenvalue weighted by atomic mass is 9.72. The molecule has 1 aliphatic heterocycles. The highest BCUT2D eigenvalue weighted by atomic mass is 16.5. The number of nitrogens with one attached hydrogen (secondary N) is 1. The number of amides is 1. The third-order valence-electron chi connectivity index (χ3n) is 8.27. The summed E-state index contributed by atoms with van der Waals surface area (Å²) >= 11 is 0. The summed E-state index contributed by atoms with van der Waals surface area (Å²) in [6.45, 7) is 2.60. The van der Waals surface area contributed by atoms with Gasteiger partial charge in [0.05, 0.1) is 12.1 Å². The van der Waals surface area contributed by atoms with Gasteiger partial charge in [-0.1, -0.05) is 60.7 Å². The van der Waals surface area contributed by atoms with Gasteiger partial charge >= 0.3 is 0 Å². The summed E-state index contributed by atoms with van der Waals surface area (Å²) in [7, 11) is 2.10. The number of aliphatic hydroxyl groups excluding tert-OH is 1. The highest BCUT2D eigenvalue weighted by molar-refractivity contribution is 5.83. The van der Waals surface area contributed by atoms with Crippen LogP contribution in [0.5, 0.6) is 5.75 Å². The van der Waals surface area contributed by atoms with Crippen LogP contribution in [-0.2, 0) is 23.8 Å². The molecule has 2 aliphatic rings. The van der Waals surface area contributed by atoms with Crippen LogP contribution >= 0.6 is 0 Å². The molecule has 1 fully saturated rings. The monoisotopic (exact) mass is 495 g/mol. The Balaban J connectivity index is 1.16. The maximum absolute atomic E-state index is 12.8. The minimum absolute atomic E-state index is 0.0821. The number of aromatic nitrogens is 1. The van der Waals surface area contributed by atoms with Crippen LogP contribution in [0.4, 0.5) is 0 Å². The van der Waals surface area contributed by atoms with Crippen LogP contribution in [0.1, 0.15) is 35.6 Å². The van der Waals surface area contributed by atoms with E-state index in [1.807, 2.05) is 48.5 Å². The molecular weight excluding hydrogens is 462 g/mol. The van der Waals surface area contributed by atoms with Crippen LogP contribution in [0.15, 0.2) is 85.1 Å². The maximum atomic E-state index is 12.8. The van der Waals surface area contributed by atoms with E-state index in [1.54, 1.807) is 0 Å². The first-order chi connectivity index (χ1) is 18.0. The van der Waals surface area contributed by atoms with E-state index in [1.165, 1.54) is 22.0 Å². The van der Waals surface area contributed by atoms with Gasteiger partial charge < -0.3 is 19.7 Å². The molecule has 1 spiro atoms. The largest absolute Gasteiger partial charge is 0.484 e. The highest BCUT2D eigenvalue weighted by Gasteiger charge is 2.52. The molecule has 2 N–H and O–H groups in total. The minimum atomic E-state index is -0.676. The van der Waals surface area contributed by atoms with Crippen molar-refractivity contribution in [2.45, 2.75) is 36.9 Å². The number of hydrogen-bond donors (Lipinski definition) is 2. The number of aryl methyl sites for hydroxylation is 1. The van der Waals surface area contributed by atoms with Crippen LogP contribution in [0.3, 0.4) is 0 Å². The predicted octanol–water partition coefficient (Wildman–Crippen LogP) is 4.32. The molecule has 190 valence electrons. The molecule has 0 saturated carbocycles. The van der Waals surface area contributed by atoms with Gasteiger partial charge in [-0.15, -0.1) is 0 Å². The van der Waals surface area contributed by atoms with Gasteiger partial charge in [-0.25, -0.2) is 0 Å². The Hall–Kier alpha value is -3.61. The van der Waals surface area contributed by atoms with Gasteiger partial charge in [0.15, 0.2) is 6.61 Å². The summed E-state index contributed by atoms with van der Waals surface area (Å²) in [5, 5.41) is 16.0. The average molecular weight is 496 g/mol. The van der Waals surface area contributed by atoms with Gasteiger partial charge in [0, 0.05) is 36.1 Å². The zero-order valence-electron chi connectivity index (χ0n) is 21.1. The van der Waals surface area contributed by atoms with Gasteiger partial charge in [-0.2, -0.15) is 0 Å². The molecule has 6 rings (SSSR count). The van der Waals surface area contributed by atoms with Crippen molar-refractivity contribution >= 4 is 16.8 Å². The number of benzene rings is 3. The second-order valence-corrected chi connectivity index (χ2v) is 10.4. The number of aliphatic hydroxyl groups is 1. The van der Waals surface area contributed by atoms with Crippen molar-refractivity contribution in [3.63, 3.8) is 0 Å². The molecule has 0 radical (unpaired) electrons. The normalized spacial score (nSPS) is 20.7. The Morgan fingerprint density at radius 2 is 1.70 bits per heavy atom. The Bertz CT molecular complexity index is 1410. The third kappa shape index (κ3) is 4.30. The predicted molar refractivity (Wildman–Crippen MR) is 144 cm³/mol. The molecule has 1 aromatic heterocycles. The molecule has 6 nitrogen and oxygen atoms in total. The lowest BCUT2D eigenvalue weighted by Gasteiger charge is -2.42. The fourth-order valence-electron chi connectivity index (χ4n) is 6.38. The molecular formula is C31H33N3O3. The topological polar surface area (TPSA) is 66.7 Å². The van der Waals surface area contributed by atoms with Crippen LogP contribution in [0, 0.1) is 0 Å². The van der Waals surface area contributed by atoms with Crippen molar-refractivity contribution < 1.29 is 14.6 Å². The fourth-order valence-corrected chi connectivity index (χ4v) is 6.38. The van der Waals surface area contributed by atoms with Crippen molar-refractivity contribution in [2.24, 2.45) is 7.05 Å². The molecule has 2 atom stereocenters. The smallest absolute Gasteiger partial charge is 0.258 e. The Morgan fingerprint density at radius 1 is 1.00 bits per heavy atom. The number of fused-ring (bicyclic) bond motifs is 3. The number of nitrogens with zero attached hydrogens (tertiary/aromatic N) is 2. The highest BCUT2D eigenvalue weighted by Crippen LogP contribution is 2.51. The third-order valence-corrected chi connectivity index (χ3v) is 8.27. The van der Waals surface area contributed by atoms with Crippen LogP contribution in [0.2, 0.25) is 0 Å². The molecule has 6 heteroatoms.